The minimum atomic E-state index is -0.305. The van der Waals surface area contributed by atoms with Crippen LogP contribution in [0.15, 0.2) is 54.6 Å². The highest BCUT2D eigenvalue weighted by Crippen LogP contribution is 2.34. The number of carbonyl (C=O) groups is 1. The number of hydrogen-bond acceptors (Lipinski definition) is 7. The first-order valence-electron chi connectivity index (χ1n) is 11.0. The van der Waals surface area contributed by atoms with Crippen molar-refractivity contribution in [1.82, 2.24) is 14.9 Å². The minimum Gasteiger partial charge on any atom is -0.379 e. The number of nitrogens with zero attached hydrogens (tertiary/aromatic N) is 3. The van der Waals surface area contributed by atoms with Crippen molar-refractivity contribution in [3.63, 3.8) is 0 Å². The lowest BCUT2D eigenvalue weighted by Crippen LogP contribution is -2.35. The molecule has 4 aromatic rings. The molecule has 1 aliphatic rings. The molecule has 2 aromatic heterocycles. The van der Waals surface area contributed by atoms with Crippen molar-refractivity contribution in [2.75, 3.05) is 31.6 Å². The summed E-state index contributed by atoms with van der Waals surface area (Å²) < 4.78 is 18.7. The van der Waals surface area contributed by atoms with Crippen LogP contribution in [-0.2, 0) is 11.3 Å². The molecule has 2 aromatic carbocycles. The number of rotatable bonds is 6. The Balaban J connectivity index is 1.39. The van der Waals surface area contributed by atoms with Gasteiger partial charge < -0.3 is 4.74 Å². The third kappa shape index (κ3) is 5.07. The number of morpholine rings is 1. The van der Waals surface area contributed by atoms with Crippen molar-refractivity contribution in [3.05, 3.63) is 75.9 Å². The normalized spacial score (nSPS) is 14.3. The summed E-state index contributed by atoms with van der Waals surface area (Å²) in [6, 6.07) is 16.1. The molecule has 0 radical (unpaired) electrons. The molecule has 0 atom stereocenters. The van der Waals surface area contributed by atoms with Gasteiger partial charge >= 0.3 is 0 Å². The number of benzene rings is 2. The molecule has 1 amide bonds. The second kappa shape index (κ2) is 10.1. The van der Waals surface area contributed by atoms with Gasteiger partial charge in [-0.1, -0.05) is 41.7 Å². The molecule has 5 rings (SSSR count). The Labute approximate surface area is 205 Å². The molecule has 1 aliphatic heterocycles. The number of halogens is 1. The second-order valence-electron chi connectivity index (χ2n) is 7.94. The lowest BCUT2D eigenvalue weighted by Gasteiger charge is -2.26. The average Bonchev–Trinajstić information content (AvgIpc) is 3.44. The summed E-state index contributed by atoms with van der Waals surface area (Å²) >= 11 is 2.79. The van der Waals surface area contributed by atoms with Crippen molar-refractivity contribution in [1.29, 1.82) is 0 Å². The van der Waals surface area contributed by atoms with Gasteiger partial charge in [0.25, 0.3) is 5.91 Å². The predicted molar refractivity (Wildman–Crippen MR) is 134 cm³/mol. The maximum Gasteiger partial charge on any atom is 0.269 e. The Morgan fingerprint density at radius 3 is 2.50 bits per heavy atom. The molecule has 0 saturated carbocycles. The molecule has 1 saturated heterocycles. The topological polar surface area (TPSA) is 67.4 Å². The maximum atomic E-state index is 13.3. The summed E-state index contributed by atoms with van der Waals surface area (Å²) in [5.41, 5.74) is 3.33. The lowest BCUT2D eigenvalue weighted by atomic mass is 10.1. The van der Waals surface area contributed by atoms with Crippen LogP contribution in [0.2, 0.25) is 0 Å². The Kier molecular flexibility index (Phi) is 6.77. The Hall–Kier alpha value is -2.98. The van der Waals surface area contributed by atoms with Crippen molar-refractivity contribution in [2.24, 2.45) is 0 Å². The maximum absolute atomic E-state index is 13.3. The van der Waals surface area contributed by atoms with Gasteiger partial charge in [-0.15, -0.1) is 11.3 Å². The zero-order valence-corrected chi connectivity index (χ0v) is 20.2. The highest BCUT2D eigenvalue weighted by atomic mass is 32.1. The van der Waals surface area contributed by atoms with Crippen LogP contribution < -0.4 is 5.32 Å². The van der Waals surface area contributed by atoms with E-state index in [0.717, 1.165) is 54.5 Å². The van der Waals surface area contributed by atoms with E-state index in [1.54, 1.807) is 19.1 Å². The van der Waals surface area contributed by atoms with Gasteiger partial charge in [-0.05, 0) is 31.2 Å². The van der Waals surface area contributed by atoms with Gasteiger partial charge in [0.2, 0.25) is 0 Å². The zero-order valence-electron chi connectivity index (χ0n) is 18.6. The average molecular weight is 495 g/mol. The molecular weight excluding hydrogens is 471 g/mol. The number of carbonyl (C=O) groups excluding carboxylic acids is 1. The second-order valence-corrected chi connectivity index (χ2v) is 10.0. The molecule has 0 spiro atoms. The van der Waals surface area contributed by atoms with E-state index in [0.29, 0.717) is 20.7 Å². The first-order valence-corrected chi connectivity index (χ1v) is 12.6. The number of anilines is 1. The molecule has 0 aliphatic carbocycles. The molecule has 1 fully saturated rings. The highest BCUT2D eigenvalue weighted by molar-refractivity contribution is 7.18. The Morgan fingerprint density at radius 1 is 1.03 bits per heavy atom. The van der Waals surface area contributed by atoms with Crippen molar-refractivity contribution < 1.29 is 13.9 Å². The highest BCUT2D eigenvalue weighted by Gasteiger charge is 2.21. The van der Waals surface area contributed by atoms with Gasteiger partial charge in [0.1, 0.15) is 15.7 Å². The molecular formula is C25H23FN4O2S2. The molecule has 6 nitrogen and oxygen atoms in total. The van der Waals surface area contributed by atoms with Crippen LogP contribution in [0.25, 0.3) is 21.8 Å². The van der Waals surface area contributed by atoms with Crippen LogP contribution in [0.5, 0.6) is 0 Å². The molecule has 34 heavy (non-hydrogen) atoms. The summed E-state index contributed by atoms with van der Waals surface area (Å²) in [5.74, 6) is -0.546. The van der Waals surface area contributed by atoms with Crippen molar-refractivity contribution in [3.8, 4) is 21.8 Å². The molecule has 0 bridgehead atoms. The van der Waals surface area contributed by atoms with E-state index < -0.39 is 0 Å². The smallest absolute Gasteiger partial charge is 0.269 e. The molecule has 0 unspecified atom stereocenters. The van der Waals surface area contributed by atoms with Crippen LogP contribution in [0.3, 0.4) is 0 Å². The third-order valence-corrected chi connectivity index (χ3v) is 7.69. The van der Waals surface area contributed by atoms with Gasteiger partial charge in [-0.3, -0.25) is 15.0 Å². The third-order valence-electron chi connectivity index (χ3n) is 5.53. The lowest BCUT2D eigenvalue weighted by molar-refractivity contribution is 0.0347. The molecule has 174 valence electrons. The monoisotopic (exact) mass is 494 g/mol. The van der Waals surface area contributed by atoms with Gasteiger partial charge in [0.05, 0.1) is 24.6 Å². The van der Waals surface area contributed by atoms with E-state index in [2.05, 4.69) is 15.2 Å². The summed E-state index contributed by atoms with van der Waals surface area (Å²) in [5, 5.41) is 4.22. The van der Waals surface area contributed by atoms with Crippen molar-refractivity contribution in [2.45, 2.75) is 13.5 Å². The molecule has 9 heteroatoms. The fraction of sp³-hybridized carbons (Fsp3) is 0.240. The Morgan fingerprint density at radius 2 is 1.76 bits per heavy atom. The standard InChI is InChI=1S/C25H23FN4O2S2/c1-16-22(34-24(27-16)18-7-9-19(26)10-8-18)23(31)29-25-28-21(17-5-3-2-4-6-17)20(33-25)15-30-11-13-32-14-12-30/h2-10H,11-15H2,1H3,(H,28,29,31). The number of aromatic nitrogens is 2. The van der Waals surface area contributed by atoms with E-state index in [1.807, 2.05) is 30.3 Å². The van der Waals surface area contributed by atoms with Gasteiger partial charge in [0, 0.05) is 35.6 Å². The van der Waals surface area contributed by atoms with Gasteiger partial charge in [0.15, 0.2) is 5.13 Å². The van der Waals surface area contributed by atoms with Crippen LogP contribution in [0, 0.1) is 12.7 Å². The SMILES string of the molecule is Cc1nc(-c2ccc(F)cc2)sc1C(=O)Nc1nc(-c2ccccc2)c(CN2CCOCC2)s1. The van der Waals surface area contributed by atoms with E-state index in [-0.39, 0.29) is 11.7 Å². The first-order chi connectivity index (χ1) is 16.6. The molecule has 3 heterocycles. The van der Waals surface area contributed by atoms with Crippen LogP contribution >= 0.6 is 22.7 Å². The first kappa shape index (κ1) is 22.8. The number of ether oxygens (including phenoxy) is 1. The number of hydrogen-bond donors (Lipinski definition) is 1. The largest absolute Gasteiger partial charge is 0.379 e. The van der Waals surface area contributed by atoms with E-state index >= 15 is 0 Å². The van der Waals surface area contributed by atoms with Gasteiger partial charge in [-0.2, -0.15) is 0 Å². The fourth-order valence-electron chi connectivity index (χ4n) is 3.77. The van der Waals surface area contributed by atoms with E-state index in [9.17, 15) is 9.18 Å². The van der Waals surface area contributed by atoms with Crippen LogP contribution in [0.1, 0.15) is 20.2 Å². The van der Waals surface area contributed by atoms with E-state index in [1.165, 1.54) is 34.8 Å². The number of thiazole rings is 2. The quantitative estimate of drug-likeness (QED) is 0.385. The van der Waals surface area contributed by atoms with Crippen LogP contribution in [-0.4, -0.2) is 47.1 Å². The Bertz CT molecular complexity index is 1280. The molecule has 1 N–H and O–H groups in total. The number of nitrogens with one attached hydrogen (secondary N) is 1. The summed E-state index contributed by atoms with van der Waals surface area (Å²) in [6.45, 7) is 5.77. The van der Waals surface area contributed by atoms with Crippen molar-refractivity contribution >= 4 is 33.7 Å². The fourth-order valence-corrected chi connectivity index (χ4v) is 5.76. The predicted octanol–water partition coefficient (Wildman–Crippen LogP) is 5.47. The zero-order chi connectivity index (χ0) is 23.5. The minimum absolute atomic E-state index is 0.241. The van der Waals surface area contributed by atoms with E-state index in [4.69, 9.17) is 9.72 Å². The number of aryl methyl sites for hydroxylation is 1. The summed E-state index contributed by atoms with van der Waals surface area (Å²) in [4.78, 5) is 26.4. The van der Waals surface area contributed by atoms with Crippen LogP contribution in [0.4, 0.5) is 9.52 Å². The van der Waals surface area contributed by atoms with Gasteiger partial charge in [-0.25, -0.2) is 14.4 Å². The summed E-state index contributed by atoms with van der Waals surface area (Å²) in [7, 11) is 0. The number of amides is 1. The summed E-state index contributed by atoms with van der Waals surface area (Å²) in [6.07, 6.45) is 0.